The van der Waals surface area contributed by atoms with Crippen LogP contribution in [-0.4, -0.2) is 64.6 Å². The molecule has 59 heavy (non-hydrogen) atoms. The van der Waals surface area contributed by atoms with Crippen LogP contribution >= 0.6 is 23.2 Å². The predicted molar refractivity (Wildman–Crippen MR) is 224 cm³/mol. The molecule has 1 saturated heterocycles. The zero-order valence-corrected chi connectivity index (χ0v) is 34.2. The number of benzene rings is 4. The van der Waals surface area contributed by atoms with Crippen LogP contribution in [0.25, 0.3) is 11.1 Å². The van der Waals surface area contributed by atoms with Crippen LogP contribution in [0.5, 0.6) is 17.2 Å². The second-order valence-electron chi connectivity index (χ2n) is 15.3. The third-order valence-corrected chi connectivity index (χ3v) is 12.2. The van der Waals surface area contributed by atoms with Gasteiger partial charge < -0.3 is 34.9 Å². The Hall–Kier alpha value is -5.62. The summed E-state index contributed by atoms with van der Waals surface area (Å²) in [5.74, 6) is -0.321. The minimum atomic E-state index is -1.20. The molecule has 3 N–H and O–H groups in total. The van der Waals surface area contributed by atoms with Crippen molar-refractivity contribution in [1.29, 1.82) is 0 Å². The number of hydrogen-bond donors (Lipinski definition) is 3. The molecule has 3 aliphatic rings. The Balaban J connectivity index is 0.964. The number of fused-ring (bicyclic) bond motifs is 2. The number of ether oxygens (including phenoxy) is 3. The van der Waals surface area contributed by atoms with Crippen molar-refractivity contribution in [2.75, 3.05) is 19.7 Å². The highest BCUT2D eigenvalue weighted by Crippen LogP contribution is 2.41. The highest BCUT2D eigenvalue weighted by atomic mass is 35.5. The SMILES string of the molecule is Cc1nccc(-c2ccc(CC(NC(=O)[C@@H]3Cc4cc5c(cc4CN3C(=O)C3CCNC3)O[C@@H](c3ccc(OCc4ccc(Cl)c(Cl)c4)cc3)CO5)C(=O)O)cc2)c1C. The van der Waals surface area contributed by atoms with Gasteiger partial charge >= 0.3 is 5.97 Å². The first-order valence-corrected chi connectivity index (χ1v) is 20.4. The lowest BCUT2D eigenvalue weighted by atomic mass is 9.90. The van der Waals surface area contributed by atoms with Gasteiger partial charge in [-0.1, -0.05) is 65.7 Å². The van der Waals surface area contributed by atoms with Gasteiger partial charge in [-0.05, 0) is 114 Å². The standard InChI is InChI=1S/C46H44Cl2N4O7/c1-26-27(2)50-16-14-36(26)30-6-3-28(4-7-30)18-39(46(55)56)51-44(53)40-19-33-20-41-42(21-34(33)23-52(40)45(54)32-13-15-49-22-32)59-43(25-58-41)31-8-10-35(11-9-31)57-24-29-5-12-37(47)38(48)17-29/h3-12,14,16-17,20-21,32,39-40,43,49H,13,15,18-19,22-25H2,1-2H3,(H,51,53)(H,55,56)/t32?,39?,40-,43+/m0/s1. The zero-order valence-electron chi connectivity index (χ0n) is 32.7. The monoisotopic (exact) mass is 834 g/mol. The summed E-state index contributed by atoms with van der Waals surface area (Å²) in [6, 6.07) is 24.3. The summed E-state index contributed by atoms with van der Waals surface area (Å²) in [4.78, 5) is 46.7. The fourth-order valence-electron chi connectivity index (χ4n) is 7.93. The first-order valence-electron chi connectivity index (χ1n) is 19.7. The number of aromatic nitrogens is 1. The van der Waals surface area contributed by atoms with Gasteiger partial charge in [0.2, 0.25) is 11.8 Å². The summed E-state index contributed by atoms with van der Waals surface area (Å²) in [5.41, 5.74) is 8.31. The number of halogens is 2. The molecular weight excluding hydrogens is 791 g/mol. The van der Waals surface area contributed by atoms with Gasteiger partial charge in [0.05, 0.1) is 16.0 Å². The first-order chi connectivity index (χ1) is 28.5. The number of pyridine rings is 1. The van der Waals surface area contributed by atoms with Crippen LogP contribution < -0.4 is 24.8 Å². The Bertz CT molecular complexity index is 2380. The molecule has 0 saturated carbocycles. The third-order valence-electron chi connectivity index (χ3n) is 11.5. The molecule has 1 fully saturated rings. The number of hydrogen-bond acceptors (Lipinski definition) is 8. The van der Waals surface area contributed by atoms with Gasteiger partial charge in [-0.3, -0.25) is 14.6 Å². The highest BCUT2D eigenvalue weighted by molar-refractivity contribution is 6.42. The van der Waals surface area contributed by atoms with E-state index < -0.39 is 24.0 Å². The number of rotatable bonds is 11. The number of carbonyl (C=O) groups excluding carboxylic acids is 2. The van der Waals surface area contributed by atoms with Gasteiger partial charge in [0.25, 0.3) is 0 Å². The minimum absolute atomic E-state index is 0.0772. The van der Waals surface area contributed by atoms with Gasteiger partial charge in [0, 0.05) is 37.8 Å². The molecule has 4 atom stereocenters. The topological polar surface area (TPSA) is 139 Å². The second kappa shape index (κ2) is 17.3. The predicted octanol–water partition coefficient (Wildman–Crippen LogP) is 7.44. The molecule has 0 bridgehead atoms. The summed E-state index contributed by atoms with van der Waals surface area (Å²) < 4.78 is 18.7. The first kappa shape index (κ1) is 40.2. The van der Waals surface area contributed by atoms with E-state index in [-0.39, 0.29) is 43.9 Å². The van der Waals surface area contributed by atoms with Crippen molar-refractivity contribution in [1.82, 2.24) is 20.5 Å². The van der Waals surface area contributed by atoms with E-state index >= 15 is 0 Å². The summed E-state index contributed by atoms with van der Waals surface area (Å²) in [6.07, 6.45) is 2.32. The molecule has 1 aromatic heterocycles. The van der Waals surface area contributed by atoms with Gasteiger partial charge in [-0.15, -0.1) is 0 Å². The largest absolute Gasteiger partial charge is 0.489 e. The van der Waals surface area contributed by atoms with E-state index in [0.717, 1.165) is 50.2 Å². The van der Waals surface area contributed by atoms with E-state index in [1.807, 2.05) is 86.6 Å². The van der Waals surface area contributed by atoms with Gasteiger partial charge in [-0.25, -0.2) is 4.79 Å². The Morgan fingerprint density at radius 1 is 0.949 bits per heavy atom. The molecule has 2 unspecified atom stereocenters. The Morgan fingerprint density at radius 3 is 2.44 bits per heavy atom. The molecule has 5 aromatic rings. The molecule has 4 aromatic carbocycles. The number of carbonyl (C=O) groups is 3. The number of aliphatic carboxylic acids is 1. The molecular formula is C46H44Cl2N4O7. The average Bonchev–Trinajstić information content (AvgIpc) is 3.79. The molecule has 2 amide bonds. The second-order valence-corrected chi connectivity index (χ2v) is 16.2. The zero-order chi connectivity index (χ0) is 41.2. The Morgan fingerprint density at radius 2 is 1.71 bits per heavy atom. The van der Waals surface area contributed by atoms with Crippen LogP contribution in [0.2, 0.25) is 10.0 Å². The molecule has 8 rings (SSSR count). The fourth-order valence-corrected chi connectivity index (χ4v) is 8.25. The van der Waals surface area contributed by atoms with Crippen LogP contribution in [0.15, 0.2) is 91.1 Å². The van der Waals surface area contributed by atoms with E-state index in [9.17, 15) is 19.5 Å². The van der Waals surface area contributed by atoms with Crippen molar-refractivity contribution in [3.63, 3.8) is 0 Å². The average molecular weight is 836 g/mol. The van der Waals surface area contributed by atoms with E-state index in [2.05, 4.69) is 15.6 Å². The van der Waals surface area contributed by atoms with Crippen molar-refractivity contribution < 1.29 is 33.7 Å². The maximum Gasteiger partial charge on any atom is 0.326 e. The number of nitrogens with one attached hydrogen (secondary N) is 2. The van der Waals surface area contributed by atoms with E-state index in [1.54, 1.807) is 23.2 Å². The molecule has 3 aliphatic heterocycles. The number of carboxylic acid groups (broad SMARTS) is 1. The number of aryl methyl sites for hydroxylation is 1. The van der Waals surface area contributed by atoms with Crippen LogP contribution in [-0.2, 0) is 40.4 Å². The molecule has 11 nitrogen and oxygen atoms in total. The van der Waals surface area contributed by atoms with Crippen LogP contribution in [0, 0.1) is 19.8 Å². The van der Waals surface area contributed by atoms with E-state index in [4.69, 9.17) is 37.4 Å². The molecule has 0 spiro atoms. The molecule has 304 valence electrons. The molecule has 0 aliphatic carbocycles. The number of amides is 2. The molecule has 13 heteroatoms. The van der Waals surface area contributed by atoms with Crippen LogP contribution in [0.3, 0.4) is 0 Å². The fraction of sp³-hybridized carbons (Fsp3) is 0.304. The summed E-state index contributed by atoms with van der Waals surface area (Å²) >= 11 is 12.2. The third kappa shape index (κ3) is 8.88. The molecule has 4 heterocycles. The maximum absolute atomic E-state index is 14.1. The van der Waals surface area contributed by atoms with Crippen molar-refractivity contribution in [2.24, 2.45) is 5.92 Å². The highest BCUT2D eigenvalue weighted by Gasteiger charge is 2.40. The van der Waals surface area contributed by atoms with Crippen molar-refractivity contribution >= 4 is 41.0 Å². The quantitative estimate of drug-likeness (QED) is 0.124. The summed E-state index contributed by atoms with van der Waals surface area (Å²) in [7, 11) is 0. The van der Waals surface area contributed by atoms with Crippen molar-refractivity contribution in [3.05, 3.63) is 140 Å². The van der Waals surface area contributed by atoms with Gasteiger partial charge in [0.15, 0.2) is 17.6 Å². The Labute approximate surface area is 352 Å². The minimum Gasteiger partial charge on any atom is -0.489 e. The number of carboxylic acids is 1. The van der Waals surface area contributed by atoms with Crippen molar-refractivity contribution in [2.45, 2.75) is 64.4 Å². The van der Waals surface area contributed by atoms with Gasteiger partial charge in [0.1, 0.15) is 31.0 Å². The summed E-state index contributed by atoms with van der Waals surface area (Å²) in [5, 5.41) is 17.3. The smallest absolute Gasteiger partial charge is 0.326 e. The van der Waals surface area contributed by atoms with Crippen LogP contribution in [0.4, 0.5) is 0 Å². The maximum atomic E-state index is 14.1. The lowest BCUT2D eigenvalue weighted by Crippen LogP contribution is -2.57. The number of nitrogens with zero attached hydrogens (tertiary/aromatic N) is 2. The van der Waals surface area contributed by atoms with Crippen LogP contribution in [0.1, 0.15) is 51.6 Å². The van der Waals surface area contributed by atoms with E-state index in [0.29, 0.717) is 53.4 Å². The lowest BCUT2D eigenvalue weighted by Gasteiger charge is -2.38. The normalized spacial score (nSPS) is 18.8. The lowest BCUT2D eigenvalue weighted by molar-refractivity contribution is -0.147. The molecule has 0 radical (unpaired) electrons. The Kier molecular flexibility index (Phi) is 11.8. The summed E-state index contributed by atoms with van der Waals surface area (Å²) in [6.45, 7) is 5.98. The van der Waals surface area contributed by atoms with E-state index in [1.165, 1.54) is 0 Å². The van der Waals surface area contributed by atoms with Crippen molar-refractivity contribution in [3.8, 4) is 28.4 Å². The van der Waals surface area contributed by atoms with Gasteiger partial charge in [-0.2, -0.15) is 0 Å².